The molecule has 2 fully saturated rings. The van der Waals surface area contributed by atoms with Gasteiger partial charge in [0.1, 0.15) is 11.7 Å². The van der Waals surface area contributed by atoms with E-state index in [4.69, 9.17) is 24.1 Å². The fourth-order valence-electron chi connectivity index (χ4n) is 2.65. The van der Waals surface area contributed by atoms with Crippen molar-refractivity contribution in [2.75, 3.05) is 13.2 Å². The van der Waals surface area contributed by atoms with E-state index in [0.717, 1.165) is 18.2 Å². The molecule has 0 radical (unpaired) electrons. The van der Waals surface area contributed by atoms with Gasteiger partial charge < -0.3 is 24.1 Å². The van der Waals surface area contributed by atoms with Crippen LogP contribution in [0.3, 0.4) is 0 Å². The third-order valence-corrected chi connectivity index (χ3v) is 3.87. The van der Waals surface area contributed by atoms with Gasteiger partial charge in [-0.15, -0.1) is 0 Å². The maximum Gasteiger partial charge on any atom is 0.331 e. The van der Waals surface area contributed by atoms with E-state index in [1.807, 2.05) is 0 Å². The van der Waals surface area contributed by atoms with E-state index < -0.39 is 41.8 Å². The summed E-state index contributed by atoms with van der Waals surface area (Å²) in [5, 5.41) is 8.49. The number of carbonyl (C=O) groups is 4. The molecule has 2 saturated heterocycles. The van der Waals surface area contributed by atoms with Crippen LogP contribution >= 0.6 is 0 Å². The predicted octanol–water partition coefficient (Wildman–Crippen LogP) is -0.216. The van der Waals surface area contributed by atoms with E-state index >= 15 is 0 Å². The topological polar surface area (TPSA) is 125 Å². The van der Waals surface area contributed by atoms with E-state index in [-0.39, 0.29) is 19.0 Å². The maximum atomic E-state index is 11.7. The number of fused-ring (bicyclic) bond motifs is 1. The van der Waals surface area contributed by atoms with Gasteiger partial charge in [-0.1, -0.05) is 0 Å². The third-order valence-electron chi connectivity index (χ3n) is 3.87. The second-order valence-corrected chi connectivity index (χ2v) is 5.77. The van der Waals surface area contributed by atoms with Crippen molar-refractivity contribution in [2.24, 2.45) is 0 Å². The van der Waals surface area contributed by atoms with Crippen LogP contribution in [0.1, 0.15) is 13.8 Å². The van der Waals surface area contributed by atoms with Crippen LogP contribution in [0.4, 0.5) is 0 Å². The minimum absolute atomic E-state index is 0.0190. The van der Waals surface area contributed by atoms with Gasteiger partial charge in [0, 0.05) is 18.2 Å². The summed E-state index contributed by atoms with van der Waals surface area (Å²) in [6.07, 6.45) is 1.40. The smallest absolute Gasteiger partial charge is 0.331 e. The summed E-state index contributed by atoms with van der Waals surface area (Å²) in [6, 6.07) is 0. The molecule has 136 valence electrons. The summed E-state index contributed by atoms with van der Waals surface area (Å²) in [6.45, 7) is 3.03. The number of allylic oxidation sites excluding steroid dienone is 1. The molecule has 0 aromatic carbocycles. The van der Waals surface area contributed by atoms with Crippen LogP contribution < -0.4 is 0 Å². The van der Waals surface area contributed by atoms with E-state index in [1.165, 1.54) is 6.92 Å². The van der Waals surface area contributed by atoms with Crippen molar-refractivity contribution in [1.29, 1.82) is 0 Å². The molecule has 0 saturated carbocycles. The molecule has 0 spiro atoms. The fraction of sp³-hybridized carbons (Fsp3) is 0.500. The van der Waals surface area contributed by atoms with Crippen molar-refractivity contribution in [1.82, 2.24) is 0 Å². The van der Waals surface area contributed by atoms with Crippen LogP contribution in [0.2, 0.25) is 0 Å². The van der Waals surface area contributed by atoms with Gasteiger partial charge in [0.15, 0.2) is 18.0 Å². The number of esters is 2. The Hall–Kier alpha value is -2.52. The third kappa shape index (κ3) is 4.52. The molecule has 2 heterocycles. The molecule has 2 aliphatic heterocycles. The standard InChI is InChI=1S/C16H18O9/c1-9(17)3-5-14(21)25-11-8-22-15-10(7-23-16(11,15)2)24-13(20)6-4-12(18)19/h3-6,10-11,15H,7-8H2,1-2H3,(H,18,19)/b5-3+,6-4+/t10-,11-,15-,16-/m1/s1. The Morgan fingerprint density at radius 3 is 2.32 bits per heavy atom. The van der Waals surface area contributed by atoms with Gasteiger partial charge in [0.25, 0.3) is 0 Å². The Bertz CT molecular complexity index is 636. The van der Waals surface area contributed by atoms with Gasteiger partial charge in [0.2, 0.25) is 0 Å². The molecule has 4 atom stereocenters. The lowest BCUT2D eigenvalue weighted by atomic mass is 9.94. The molecular formula is C16H18O9. The molecule has 0 aromatic heterocycles. The van der Waals surface area contributed by atoms with E-state index in [1.54, 1.807) is 6.92 Å². The Balaban J connectivity index is 1.97. The molecule has 9 heteroatoms. The number of carboxylic acids is 1. The number of ketones is 1. The van der Waals surface area contributed by atoms with Crippen LogP contribution in [0.5, 0.6) is 0 Å². The van der Waals surface area contributed by atoms with Gasteiger partial charge in [0.05, 0.1) is 13.2 Å². The highest BCUT2D eigenvalue weighted by molar-refractivity contribution is 5.94. The lowest BCUT2D eigenvalue weighted by Crippen LogP contribution is -2.46. The summed E-state index contributed by atoms with van der Waals surface area (Å²) in [5.41, 5.74) is -1.01. The quantitative estimate of drug-likeness (QED) is 0.509. The summed E-state index contributed by atoms with van der Waals surface area (Å²) >= 11 is 0. The lowest BCUT2D eigenvalue weighted by molar-refractivity contribution is -0.154. The van der Waals surface area contributed by atoms with Gasteiger partial charge >= 0.3 is 17.9 Å². The number of carboxylic acid groups (broad SMARTS) is 1. The van der Waals surface area contributed by atoms with Gasteiger partial charge in [-0.25, -0.2) is 14.4 Å². The van der Waals surface area contributed by atoms with Crippen LogP contribution in [0.15, 0.2) is 24.3 Å². The summed E-state index contributed by atoms with van der Waals surface area (Å²) in [4.78, 5) is 44.5. The normalized spacial score (nSPS) is 31.2. The first kappa shape index (κ1) is 18.8. The molecule has 0 unspecified atom stereocenters. The molecule has 0 aromatic rings. The Morgan fingerprint density at radius 1 is 1.04 bits per heavy atom. The highest BCUT2D eigenvalue weighted by atomic mass is 16.7. The molecule has 1 N–H and O–H groups in total. The number of rotatable bonds is 6. The zero-order valence-corrected chi connectivity index (χ0v) is 13.7. The second kappa shape index (κ2) is 7.58. The maximum absolute atomic E-state index is 11.7. The molecule has 0 bridgehead atoms. The number of aliphatic carboxylic acids is 1. The molecule has 25 heavy (non-hydrogen) atoms. The molecule has 2 aliphatic rings. The Kier molecular flexibility index (Phi) is 5.70. The van der Waals surface area contributed by atoms with Crippen LogP contribution in [-0.2, 0) is 38.1 Å². The molecule has 9 nitrogen and oxygen atoms in total. The monoisotopic (exact) mass is 354 g/mol. The van der Waals surface area contributed by atoms with E-state index in [2.05, 4.69) is 0 Å². The predicted molar refractivity (Wildman–Crippen MR) is 80.5 cm³/mol. The van der Waals surface area contributed by atoms with Crippen molar-refractivity contribution >= 4 is 23.7 Å². The summed E-state index contributed by atoms with van der Waals surface area (Å²) in [7, 11) is 0. The average molecular weight is 354 g/mol. The Morgan fingerprint density at radius 2 is 1.68 bits per heavy atom. The highest BCUT2D eigenvalue weighted by Gasteiger charge is 2.60. The van der Waals surface area contributed by atoms with Crippen LogP contribution in [0.25, 0.3) is 0 Å². The van der Waals surface area contributed by atoms with E-state index in [9.17, 15) is 19.2 Å². The number of carbonyl (C=O) groups excluding carboxylic acids is 3. The van der Waals surface area contributed by atoms with Crippen LogP contribution in [-0.4, -0.2) is 65.9 Å². The lowest BCUT2D eigenvalue weighted by Gasteiger charge is -2.27. The molecule has 0 amide bonds. The summed E-state index contributed by atoms with van der Waals surface area (Å²) < 4.78 is 21.6. The molecule has 2 rings (SSSR count). The van der Waals surface area contributed by atoms with E-state index in [0.29, 0.717) is 6.08 Å². The number of ether oxygens (including phenoxy) is 4. The van der Waals surface area contributed by atoms with Crippen molar-refractivity contribution in [3.05, 3.63) is 24.3 Å². The summed E-state index contributed by atoms with van der Waals surface area (Å²) in [5.74, 6) is -3.11. The SMILES string of the molecule is CC(=O)/C=C/C(=O)O[C@@H]1CO[C@@H]2[C@H](OC(=O)/C=C/C(=O)O)CO[C@@]21C. The molecular weight excluding hydrogens is 336 g/mol. The Labute approximate surface area is 143 Å². The van der Waals surface area contributed by atoms with Gasteiger partial charge in [-0.3, -0.25) is 4.79 Å². The van der Waals surface area contributed by atoms with Crippen molar-refractivity contribution in [3.63, 3.8) is 0 Å². The average Bonchev–Trinajstić information content (AvgIpc) is 3.00. The van der Waals surface area contributed by atoms with Gasteiger partial charge in [-0.2, -0.15) is 0 Å². The number of hydrogen-bond acceptors (Lipinski definition) is 8. The van der Waals surface area contributed by atoms with Gasteiger partial charge in [-0.05, 0) is 19.9 Å². The minimum atomic E-state index is -1.27. The highest BCUT2D eigenvalue weighted by Crippen LogP contribution is 2.40. The fourth-order valence-corrected chi connectivity index (χ4v) is 2.65. The first-order valence-corrected chi connectivity index (χ1v) is 7.49. The molecule has 0 aliphatic carbocycles. The number of hydrogen-bond donors (Lipinski definition) is 1. The second-order valence-electron chi connectivity index (χ2n) is 5.77. The minimum Gasteiger partial charge on any atom is -0.478 e. The largest absolute Gasteiger partial charge is 0.478 e. The van der Waals surface area contributed by atoms with Crippen LogP contribution in [0, 0.1) is 0 Å². The zero-order valence-electron chi connectivity index (χ0n) is 13.7. The first-order valence-electron chi connectivity index (χ1n) is 7.49. The van der Waals surface area contributed by atoms with Crippen molar-refractivity contribution < 1.29 is 43.2 Å². The zero-order chi connectivity index (χ0) is 18.6. The first-order chi connectivity index (χ1) is 11.7. The van der Waals surface area contributed by atoms with Crippen molar-refractivity contribution in [2.45, 2.75) is 37.8 Å². The van der Waals surface area contributed by atoms with Crippen molar-refractivity contribution in [3.8, 4) is 0 Å².